The third-order valence-electron chi connectivity index (χ3n) is 7.50. The maximum atomic E-state index is 14.2. The molecule has 6 rings (SSSR count). The van der Waals surface area contributed by atoms with Crippen molar-refractivity contribution in [3.8, 4) is 5.69 Å². The van der Waals surface area contributed by atoms with Gasteiger partial charge in [0.25, 0.3) is 0 Å². The van der Waals surface area contributed by atoms with E-state index in [0.29, 0.717) is 28.6 Å². The van der Waals surface area contributed by atoms with Gasteiger partial charge in [0.15, 0.2) is 5.01 Å². The first-order chi connectivity index (χ1) is 19.4. The van der Waals surface area contributed by atoms with Gasteiger partial charge in [-0.15, -0.1) is 11.3 Å². The van der Waals surface area contributed by atoms with Gasteiger partial charge in [-0.05, 0) is 73.9 Å². The van der Waals surface area contributed by atoms with E-state index in [2.05, 4.69) is 10.1 Å². The van der Waals surface area contributed by atoms with Crippen LogP contribution in [0.2, 0.25) is 0 Å². The normalized spacial score (nSPS) is 19.4. The molecule has 1 saturated heterocycles. The number of sulfonamides is 1. The number of Topliss-reactive ketones (excluding diaryl/α,β-unsaturated/α-hetero) is 1. The highest BCUT2D eigenvalue weighted by Gasteiger charge is 2.52. The Hall–Kier alpha value is -3.68. The van der Waals surface area contributed by atoms with Crippen LogP contribution in [0.3, 0.4) is 0 Å². The van der Waals surface area contributed by atoms with Crippen LogP contribution in [-0.2, 0) is 22.6 Å². The fourth-order valence-electron chi connectivity index (χ4n) is 5.46. The average Bonchev–Trinajstić information content (AvgIpc) is 3.56. The lowest BCUT2D eigenvalue weighted by Crippen LogP contribution is -2.53. The minimum Gasteiger partial charge on any atom is -0.290 e. The van der Waals surface area contributed by atoms with Crippen molar-refractivity contribution in [2.75, 3.05) is 13.1 Å². The summed E-state index contributed by atoms with van der Waals surface area (Å²) in [5, 5.41) is 4.68. The molecule has 4 aromatic rings. The molecule has 0 bridgehead atoms. The van der Waals surface area contributed by atoms with Crippen LogP contribution in [0.5, 0.6) is 0 Å². The number of aryl methyl sites for hydroxylation is 1. The summed E-state index contributed by atoms with van der Waals surface area (Å²) in [7, 11) is -4.38. The van der Waals surface area contributed by atoms with Gasteiger partial charge in [-0.3, -0.25) is 4.79 Å². The number of piperidine rings is 1. The highest BCUT2D eigenvalue weighted by molar-refractivity contribution is 7.89. The van der Waals surface area contributed by atoms with Crippen LogP contribution in [-0.4, -0.2) is 46.4 Å². The van der Waals surface area contributed by atoms with Crippen molar-refractivity contribution in [2.45, 2.75) is 30.8 Å². The van der Waals surface area contributed by atoms with E-state index in [1.165, 1.54) is 23.5 Å². The van der Waals surface area contributed by atoms with E-state index >= 15 is 0 Å². The number of fused-ring (bicyclic) bond motifs is 2. The maximum Gasteiger partial charge on any atom is 0.416 e. The Bertz CT molecular complexity index is 1810. The third-order valence-corrected chi connectivity index (χ3v) is 10.3. The predicted molar refractivity (Wildman–Crippen MR) is 144 cm³/mol. The van der Waals surface area contributed by atoms with Crippen molar-refractivity contribution in [1.29, 1.82) is 0 Å². The van der Waals surface area contributed by atoms with Crippen LogP contribution in [0, 0.1) is 18.2 Å². The Morgan fingerprint density at radius 3 is 2.54 bits per heavy atom. The van der Waals surface area contributed by atoms with Crippen molar-refractivity contribution in [1.82, 2.24) is 19.1 Å². The molecule has 0 N–H and O–H groups in total. The van der Waals surface area contributed by atoms with E-state index in [0.717, 1.165) is 27.4 Å². The molecule has 0 spiro atoms. The highest BCUT2D eigenvalue weighted by Crippen LogP contribution is 2.47. The first-order valence-electron chi connectivity index (χ1n) is 12.6. The maximum absolute atomic E-state index is 14.2. The molecule has 2 aromatic carbocycles. The number of nitrogens with zero attached hydrogens (tertiary/aromatic N) is 4. The first-order valence-corrected chi connectivity index (χ1v) is 14.8. The number of hydrogen-bond acceptors (Lipinski definition) is 6. The molecule has 41 heavy (non-hydrogen) atoms. The highest BCUT2D eigenvalue weighted by atomic mass is 32.2. The molecule has 3 heterocycles. The van der Waals surface area contributed by atoms with Gasteiger partial charge < -0.3 is 0 Å². The van der Waals surface area contributed by atoms with Crippen molar-refractivity contribution in [3.05, 3.63) is 99.0 Å². The number of benzene rings is 2. The molecule has 2 aromatic heterocycles. The second-order valence-corrected chi connectivity index (χ2v) is 13.3. The first kappa shape index (κ1) is 27.5. The number of hydrogen-bond donors (Lipinski definition) is 0. The summed E-state index contributed by atoms with van der Waals surface area (Å²) in [6, 6.07) is 9.40. The summed E-state index contributed by atoms with van der Waals surface area (Å²) in [4.78, 5) is 18.7. The number of alkyl halides is 3. The smallest absolute Gasteiger partial charge is 0.290 e. The summed E-state index contributed by atoms with van der Waals surface area (Å²) >= 11 is 1.20. The number of thiazole rings is 1. The fraction of sp³-hybridized carbons (Fsp3) is 0.250. The van der Waals surface area contributed by atoms with Gasteiger partial charge in [0, 0.05) is 24.2 Å². The molecule has 1 atom stereocenters. The third kappa shape index (κ3) is 4.71. The topological polar surface area (TPSA) is 85.2 Å². The number of carbonyl (C=O) groups is 1. The van der Waals surface area contributed by atoms with Gasteiger partial charge in [-0.25, -0.2) is 22.5 Å². The summed E-state index contributed by atoms with van der Waals surface area (Å²) in [5.41, 5.74) is 0.264. The van der Waals surface area contributed by atoms with Gasteiger partial charge in [0.2, 0.25) is 15.8 Å². The van der Waals surface area contributed by atoms with Crippen LogP contribution >= 0.6 is 11.3 Å². The summed E-state index contributed by atoms with van der Waals surface area (Å²) < 4.78 is 83.7. The van der Waals surface area contributed by atoms with Crippen LogP contribution in [0.25, 0.3) is 11.8 Å². The molecular formula is C28H22F4N4O3S2. The minimum absolute atomic E-state index is 0.0314. The zero-order valence-electron chi connectivity index (χ0n) is 21.5. The fourth-order valence-corrected chi connectivity index (χ4v) is 7.81. The van der Waals surface area contributed by atoms with Gasteiger partial charge in [-0.1, -0.05) is 11.6 Å². The minimum atomic E-state index is -4.71. The summed E-state index contributed by atoms with van der Waals surface area (Å²) in [6.07, 6.45) is 0.548. The van der Waals surface area contributed by atoms with E-state index < -0.39 is 37.9 Å². The molecule has 1 aliphatic carbocycles. The van der Waals surface area contributed by atoms with Crippen LogP contribution in [0.4, 0.5) is 17.6 Å². The van der Waals surface area contributed by atoms with Crippen molar-refractivity contribution in [3.63, 3.8) is 0 Å². The Balaban J connectivity index is 1.43. The number of aromatic nitrogens is 3. The van der Waals surface area contributed by atoms with Crippen molar-refractivity contribution >= 4 is 33.2 Å². The second-order valence-electron chi connectivity index (χ2n) is 10.1. The summed E-state index contributed by atoms with van der Waals surface area (Å²) in [6.45, 7) is 1.51. The van der Waals surface area contributed by atoms with E-state index in [4.69, 9.17) is 0 Å². The molecule has 1 aliphatic heterocycles. The molecule has 0 saturated carbocycles. The van der Waals surface area contributed by atoms with Crippen LogP contribution in [0.15, 0.2) is 71.4 Å². The van der Waals surface area contributed by atoms with E-state index in [1.807, 2.05) is 6.08 Å². The Morgan fingerprint density at radius 1 is 1.10 bits per heavy atom. The monoisotopic (exact) mass is 602 g/mol. The molecule has 212 valence electrons. The lowest BCUT2D eigenvalue weighted by atomic mass is 9.66. The Kier molecular flexibility index (Phi) is 6.51. The zero-order chi connectivity index (χ0) is 29.2. The molecule has 0 radical (unpaired) electrons. The molecular weight excluding hydrogens is 580 g/mol. The van der Waals surface area contributed by atoms with Crippen LogP contribution in [0.1, 0.15) is 37.9 Å². The van der Waals surface area contributed by atoms with E-state index in [9.17, 15) is 30.8 Å². The average molecular weight is 603 g/mol. The summed E-state index contributed by atoms with van der Waals surface area (Å²) in [5.74, 6) is -0.753. The second kappa shape index (κ2) is 9.71. The Labute approximate surface area is 236 Å². The predicted octanol–water partition coefficient (Wildman–Crippen LogP) is 5.70. The molecule has 2 aliphatic rings. The molecule has 13 heteroatoms. The van der Waals surface area contributed by atoms with Crippen LogP contribution < -0.4 is 0 Å². The lowest BCUT2D eigenvalue weighted by Gasteiger charge is -2.44. The lowest BCUT2D eigenvalue weighted by molar-refractivity contribution is -0.137. The molecule has 1 fully saturated rings. The van der Waals surface area contributed by atoms with E-state index in [1.54, 1.807) is 36.1 Å². The number of carbonyl (C=O) groups excluding carboxylic acids is 1. The van der Waals surface area contributed by atoms with Gasteiger partial charge in [-0.2, -0.15) is 22.6 Å². The van der Waals surface area contributed by atoms with Gasteiger partial charge in [0.05, 0.1) is 33.5 Å². The van der Waals surface area contributed by atoms with Crippen molar-refractivity contribution in [2.24, 2.45) is 5.41 Å². The van der Waals surface area contributed by atoms with Gasteiger partial charge >= 0.3 is 6.18 Å². The SMILES string of the molecule is Cc1cnc(C(=O)C23Cc4cnn(-c5ccc(F)cc5)c4C=C2CCN(S(=O)(=O)c2cccc(C(F)(F)F)c2)C3)s1. The standard InChI is InChI=1S/C28H22F4N4O3S2/c1-17-14-33-26(40-17)25(37)27-13-18-15-34-36(22-7-5-21(29)6-8-22)24(18)12-19(27)9-10-35(16-27)41(38,39)23-4-2-3-20(11-23)28(30,31)32/h2-8,11-12,14-15H,9-10,13,16H2,1H3. The molecule has 7 nitrogen and oxygen atoms in total. The quantitative estimate of drug-likeness (QED) is 0.216. The molecule has 0 amide bonds. The van der Waals surface area contributed by atoms with E-state index in [-0.39, 0.29) is 36.7 Å². The number of halogens is 4. The largest absolute Gasteiger partial charge is 0.416 e. The van der Waals surface area contributed by atoms with Crippen molar-refractivity contribution < 1.29 is 30.8 Å². The zero-order valence-corrected chi connectivity index (χ0v) is 23.2. The molecule has 1 unspecified atom stereocenters. The number of rotatable bonds is 5. The Morgan fingerprint density at radius 2 is 1.85 bits per heavy atom. The van der Waals surface area contributed by atoms with Gasteiger partial charge in [0.1, 0.15) is 5.82 Å². The number of ketones is 1.